The largest absolute Gasteiger partial charge is 0.356 e. The Morgan fingerprint density at radius 3 is 2.52 bits per heavy atom. The molecule has 2 atom stereocenters. The summed E-state index contributed by atoms with van der Waals surface area (Å²) < 4.78 is 27.1. The first-order valence-electron chi connectivity index (χ1n) is 11.2. The van der Waals surface area contributed by atoms with Crippen LogP contribution in [0, 0.1) is 23.5 Å². The van der Waals surface area contributed by atoms with Gasteiger partial charge in [0.05, 0.1) is 5.92 Å². The van der Waals surface area contributed by atoms with Crippen LogP contribution in [-0.4, -0.2) is 48.8 Å². The minimum atomic E-state index is -0.873. The number of piperidine rings is 1. The molecule has 2 heterocycles. The lowest BCUT2D eigenvalue weighted by Gasteiger charge is -2.33. The molecular formula is C23H31F2N3O3. The molecule has 2 aliphatic heterocycles. The van der Waals surface area contributed by atoms with Gasteiger partial charge in [0, 0.05) is 37.9 Å². The van der Waals surface area contributed by atoms with E-state index in [1.165, 1.54) is 4.90 Å². The summed E-state index contributed by atoms with van der Waals surface area (Å²) in [7, 11) is 0. The summed E-state index contributed by atoms with van der Waals surface area (Å²) in [5, 5.41) is 2.97. The van der Waals surface area contributed by atoms with Crippen LogP contribution in [0.5, 0.6) is 0 Å². The molecule has 0 aliphatic carbocycles. The molecule has 0 radical (unpaired) electrons. The van der Waals surface area contributed by atoms with Crippen LogP contribution < -0.4 is 10.2 Å². The summed E-state index contributed by atoms with van der Waals surface area (Å²) in [6.45, 7) is 3.82. The highest BCUT2D eigenvalue weighted by Gasteiger charge is 2.41. The van der Waals surface area contributed by atoms with Crippen molar-refractivity contribution in [3.05, 3.63) is 29.8 Å². The molecule has 1 aromatic rings. The Hall–Kier alpha value is -2.51. The lowest BCUT2D eigenvalue weighted by Crippen LogP contribution is -2.48. The second-order valence-corrected chi connectivity index (χ2v) is 8.43. The van der Waals surface area contributed by atoms with Crippen molar-refractivity contribution in [1.29, 1.82) is 0 Å². The fourth-order valence-electron chi connectivity index (χ4n) is 4.38. The first-order valence-corrected chi connectivity index (χ1v) is 11.2. The van der Waals surface area contributed by atoms with Gasteiger partial charge in [0.1, 0.15) is 17.6 Å². The van der Waals surface area contributed by atoms with Crippen LogP contribution in [0.4, 0.5) is 14.5 Å². The number of likely N-dealkylation sites (tertiary alicyclic amines) is 1. The summed E-state index contributed by atoms with van der Waals surface area (Å²) >= 11 is 0. The van der Waals surface area contributed by atoms with Crippen LogP contribution >= 0.6 is 0 Å². The Bertz CT molecular complexity index is 797. The molecule has 0 aromatic heterocycles. The van der Waals surface area contributed by atoms with Crippen molar-refractivity contribution in [2.45, 2.75) is 51.9 Å². The van der Waals surface area contributed by atoms with Crippen molar-refractivity contribution in [3.8, 4) is 0 Å². The highest BCUT2D eigenvalue weighted by atomic mass is 19.1. The zero-order chi connectivity index (χ0) is 22.4. The predicted octanol–water partition coefficient (Wildman–Crippen LogP) is 3.25. The minimum Gasteiger partial charge on any atom is -0.356 e. The van der Waals surface area contributed by atoms with Gasteiger partial charge in [-0.25, -0.2) is 8.78 Å². The third-order valence-corrected chi connectivity index (χ3v) is 6.10. The molecule has 2 saturated heterocycles. The first-order chi connectivity index (χ1) is 14.9. The number of unbranched alkanes of at least 4 members (excludes halogenated alkanes) is 3. The van der Waals surface area contributed by atoms with Crippen LogP contribution in [0.25, 0.3) is 0 Å². The number of anilines is 1. The van der Waals surface area contributed by atoms with Gasteiger partial charge < -0.3 is 15.1 Å². The normalized spacial score (nSPS) is 21.5. The van der Waals surface area contributed by atoms with E-state index in [4.69, 9.17) is 0 Å². The highest BCUT2D eigenvalue weighted by Crippen LogP contribution is 2.29. The van der Waals surface area contributed by atoms with E-state index in [0.717, 1.165) is 50.3 Å². The maximum Gasteiger partial charge on any atom is 0.239 e. The number of carbonyl (C=O) groups excluding carboxylic acids is 3. The molecule has 2 unspecified atom stereocenters. The number of hydrogen-bond donors (Lipinski definition) is 1. The number of nitrogens with zero attached hydrogens (tertiary/aromatic N) is 2. The average molecular weight is 436 g/mol. The molecule has 8 heteroatoms. The summed E-state index contributed by atoms with van der Waals surface area (Å²) in [6.07, 6.45) is 6.04. The fourth-order valence-corrected chi connectivity index (χ4v) is 4.38. The van der Waals surface area contributed by atoms with E-state index in [2.05, 4.69) is 12.2 Å². The standard InChI is InChI=1S/C23H31F2N3O3/c1-2-3-4-5-9-26-21(29)16-7-6-10-27(15-16)22(30)20-8-11-28(23(20)31)19-13-17(24)12-18(25)14-19/h12-14,16,20H,2-11,15H2,1H3,(H,26,29). The lowest BCUT2D eigenvalue weighted by molar-refractivity contribution is -0.142. The Morgan fingerprint density at radius 2 is 1.81 bits per heavy atom. The summed E-state index contributed by atoms with van der Waals surface area (Å²) in [5.74, 6) is -3.46. The second-order valence-electron chi connectivity index (χ2n) is 8.43. The van der Waals surface area contributed by atoms with E-state index in [1.807, 2.05) is 0 Å². The van der Waals surface area contributed by atoms with E-state index in [-0.39, 0.29) is 30.0 Å². The molecule has 170 valence electrons. The van der Waals surface area contributed by atoms with Gasteiger partial charge in [-0.15, -0.1) is 0 Å². The molecule has 31 heavy (non-hydrogen) atoms. The third-order valence-electron chi connectivity index (χ3n) is 6.10. The molecule has 1 N–H and O–H groups in total. The van der Waals surface area contributed by atoms with Gasteiger partial charge in [0.25, 0.3) is 0 Å². The van der Waals surface area contributed by atoms with Gasteiger partial charge in [0.15, 0.2) is 0 Å². The number of benzene rings is 1. The Balaban J connectivity index is 1.56. The molecule has 0 saturated carbocycles. The summed E-state index contributed by atoms with van der Waals surface area (Å²) in [4.78, 5) is 41.2. The molecule has 2 aliphatic rings. The highest BCUT2D eigenvalue weighted by molar-refractivity contribution is 6.09. The number of amides is 3. The van der Waals surface area contributed by atoms with E-state index >= 15 is 0 Å². The van der Waals surface area contributed by atoms with E-state index in [1.54, 1.807) is 4.90 Å². The molecule has 3 rings (SSSR count). The number of halogens is 2. The smallest absolute Gasteiger partial charge is 0.239 e. The summed E-state index contributed by atoms with van der Waals surface area (Å²) in [5.41, 5.74) is 0.122. The SMILES string of the molecule is CCCCCCNC(=O)C1CCCN(C(=O)C2CCN(c3cc(F)cc(F)c3)C2=O)C1. The van der Waals surface area contributed by atoms with E-state index < -0.39 is 23.5 Å². The van der Waals surface area contributed by atoms with Gasteiger partial charge in [-0.2, -0.15) is 0 Å². The molecule has 3 amide bonds. The van der Waals surface area contributed by atoms with E-state index in [9.17, 15) is 23.2 Å². The first kappa shape index (κ1) is 23.2. The van der Waals surface area contributed by atoms with Gasteiger partial charge >= 0.3 is 0 Å². The van der Waals surface area contributed by atoms with Crippen molar-refractivity contribution in [1.82, 2.24) is 10.2 Å². The maximum atomic E-state index is 13.5. The van der Waals surface area contributed by atoms with Crippen LogP contribution in [0.2, 0.25) is 0 Å². The number of hydrogen-bond acceptors (Lipinski definition) is 3. The molecule has 2 fully saturated rings. The van der Waals surface area contributed by atoms with Gasteiger partial charge in [-0.1, -0.05) is 26.2 Å². The molecular weight excluding hydrogens is 404 g/mol. The second kappa shape index (κ2) is 10.7. The molecule has 0 bridgehead atoms. The Labute approximate surface area is 182 Å². The van der Waals surface area contributed by atoms with Gasteiger partial charge in [-0.05, 0) is 37.8 Å². The van der Waals surface area contributed by atoms with E-state index in [0.29, 0.717) is 32.5 Å². The number of nitrogens with one attached hydrogen (secondary N) is 1. The Kier molecular flexibility index (Phi) is 7.98. The summed E-state index contributed by atoms with van der Waals surface area (Å²) in [6, 6.07) is 2.93. The third kappa shape index (κ3) is 5.80. The van der Waals surface area contributed by atoms with Crippen molar-refractivity contribution in [3.63, 3.8) is 0 Å². The minimum absolute atomic E-state index is 0.0383. The molecule has 0 spiro atoms. The maximum absolute atomic E-state index is 13.5. The number of rotatable bonds is 8. The van der Waals surface area contributed by atoms with Crippen molar-refractivity contribution in [2.24, 2.45) is 11.8 Å². The zero-order valence-electron chi connectivity index (χ0n) is 18.0. The molecule has 6 nitrogen and oxygen atoms in total. The fraction of sp³-hybridized carbons (Fsp3) is 0.609. The average Bonchev–Trinajstić information content (AvgIpc) is 3.13. The van der Waals surface area contributed by atoms with Crippen LogP contribution in [0.1, 0.15) is 51.9 Å². The van der Waals surface area contributed by atoms with Crippen molar-refractivity contribution in [2.75, 3.05) is 31.1 Å². The van der Waals surface area contributed by atoms with Gasteiger partial charge in [0.2, 0.25) is 17.7 Å². The Morgan fingerprint density at radius 1 is 1.06 bits per heavy atom. The number of carbonyl (C=O) groups is 3. The quantitative estimate of drug-likeness (QED) is 0.503. The predicted molar refractivity (Wildman–Crippen MR) is 113 cm³/mol. The van der Waals surface area contributed by atoms with Gasteiger partial charge in [-0.3, -0.25) is 14.4 Å². The lowest BCUT2D eigenvalue weighted by atomic mass is 9.95. The topological polar surface area (TPSA) is 69.7 Å². The van der Waals surface area contributed by atoms with Crippen LogP contribution in [-0.2, 0) is 14.4 Å². The zero-order valence-corrected chi connectivity index (χ0v) is 18.0. The van der Waals surface area contributed by atoms with Crippen molar-refractivity contribution < 1.29 is 23.2 Å². The van der Waals surface area contributed by atoms with Crippen molar-refractivity contribution >= 4 is 23.4 Å². The van der Waals surface area contributed by atoms with Crippen LogP contribution in [0.15, 0.2) is 18.2 Å². The molecule has 1 aromatic carbocycles. The van der Waals surface area contributed by atoms with Crippen LogP contribution in [0.3, 0.4) is 0 Å². The monoisotopic (exact) mass is 435 g/mol.